The number of pyridine rings is 1. The van der Waals surface area contributed by atoms with Gasteiger partial charge in [-0.1, -0.05) is 24.2 Å². The Morgan fingerprint density at radius 3 is 3.00 bits per heavy atom. The second kappa shape index (κ2) is 10.3. The number of ether oxygens (including phenoxy) is 2. The maximum absolute atomic E-state index is 12.8. The van der Waals surface area contributed by atoms with Gasteiger partial charge in [-0.05, 0) is 24.3 Å². The van der Waals surface area contributed by atoms with Crippen LogP contribution in [0.5, 0.6) is 11.5 Å². The molecule has 0 saturated carbocycles. The molecule has 2 aromatic heterocycles. The minimum absolute atomic E-state index is 0.184. The van der Waals surface area contributed by atoms with E-state index in [4.69, 9.17) is 21.1 Å². The molecule has 2 amide bonds. The number of nitrogens with one attached hydrogen (secondary N) is 4. The molecule has 0 atom stereocenters. The quantitative estimate of drug-likeness (QED) is 0.275. The molecule has 34 heavy (non-hydrogen) atoms. The SMILES string of the molecule is C=CC(=O)NCCOc1cnccc1-c1[nH]c2c(c1Nc1cccc(Cl)c1OC)C(=O)NCC2. The van der Waals surface area contributed by atoms with E-state index in [-0.39, 0.29) is 18.4 Å². The zero-order valence-corrected chi connectivity index (χ0v) is 19.3. The van der Waals surface area contributed by atoms with Crippen LogP contribution in [0.1, 0.15) is 16.1 Å². The number of methoxy groups -OCH3 is 1. The van der Waals surface area contributed by atoms with Gasteiger partial charge in [-0.3, -0.25) is 14.6 Å². The van der Waals surface area contributed by atoms with Gasteiger partial charge in [0.05, 0.1) is 47.5 Å². The Labute approximate surface area is 201 Å². The standard InChI is InChI=1S/C24H24ClN5O4/c1-3-19(31)27-11-12-34-18-13-26-9-7-14(18)21-22(20-16(29-21)8-10-28-24(20)32)30-17-6-4-5-15(25)23(17)33-2/h3-7,9,13,29-30H,1,8,10-12H2,2H3,(H,27,31)(H,28,32). The Bertz CT molecular complexity index is 1240. The van der Waals surface area contributed by atoms with E-state index < -0.39 is 0 Å². The van der Waals surface area contributed by atoms with Gasteiger partial charge in [0.15, 0.2) is 5.75 Å². The molecule has 3 heterocycles. The Balaban J connectivity index is 1.74. The number of nitrogens with zero attached hydrogens (tertiary/aromatic N) is 1. The highest BCUT2D eigenvalue weighted by Crippen LogP contribution is 2.42. The highest BCUT2D eigenvalue weighted by atomic mass is 35.5. The van der Waals surface area contributed by atoms with Gasteiger partial charge in [-0.25, -0.2) is 0 Å². The number of rotatable bonds is 9. The van der Waals surface area contributed by atoms with E-state index in [1.165, 1.54) is 13.2 Å². The van der Waals surface area contributed by atoms with Crippen molar-refractivity contribution in [1.29, 1.82) is 0 Å². The highest BCUT2D eigenvalue weighted by Gasteiger charge is 2.28. The van der Waals surface area contributed by atoms with Gasteiger partial charge in [0.1, 0.15) is 12.4 Å². The molecule has 1 aliphatic heterocycles. The number of benzene rings is 1. The molecule has 3 aromatic rings. The van der Waals surface area contributed by atoms with Crippen LogP contribution in [0.2, 0.25) is 5.02 Å². The predicted octanol–water partition coefficient (Wildman–Crippen LogP) is 3.45. The Hall–Kier alpha value is -3.98. The van der Waals surface area contributed by atoms with Crippen LogP contribution in [-0.2, 0) is 11.2 Å². The van der Waals surface area contributed by atoms with Crippen LogP contribution in [0.15, 0.2) is 49.3 Å². The summed E-state index contributed by atoms with van der Waals surface area (Å²) in [5, 5.41) is 9.34. The number of para-hydroxylation sites is 1. The normalized spacial score (nSPS) is 12.4. The van der Waals surface area contributed by atoms with Gasteiger partial charge < -0.3 is 30.4 Å². The van der Waals surface area contributed by atoms with Crippen molar-refractivity contribution in [1.82, 2.24) is 20.6 Å². The fraction of sp³-hybridized carbons (Fsp3) is 0.208. The van der Waals surface area contributed by atoms with E-state index in [0.717, 1.165) is 5.69 Å². The molecule has 0 saturated heterocycles. The Morgan fingerprint density at radius 2 is 2.21 bits per heavy atom. The molecule has 0 fully saturated rings. The fourth-order valence-corrected chi connectivity index (χ4v) is 4.02. The molecule has 1 aromatic carbocycles. The first-order valence-corrected chi connectivity index (χ1v) is 11.0. The lowest BCUT2D eigenvalue weighted by Crippen LogP contribution is -2.31. The summed E-state index contributed by atoms with van der Waals surface area (Å²) < 4.78 is 11.4. The first-order valence-electron chi connectivity index (χ1n) is 10.6. The summed E-state index contributed by atoms with van der Waals surface area (Å²) >= 11 is 6.31. The van der Waals surface area contributed by atoms with Gasteiger partial charge in [0.2, 0.25) is 5.91 Å². The number of carbonyl (C=O) groups excluding carboxylic acids is 2. The number of carbonyl (C=O) groups is 2. The topological polar surface area (TPSA) is 117 Å². The van der Waals surface area contributed by atoms with Crippen molar-refractivity contribution in [2.24, 2.45) is 0 Å². The molecule has 4 rings (SSSR count). The molecular weight excluding hydrogens is 458 g/mol. The third-order valence-corrected chi connectivity index (χ3v) is 5.59. The van der Waals surface area contributed by atoms with Crippen molar-refractivity contribution in [3.05, 3.63) is 65.6 Å². The third kappa shape index (κ3) is 4.69. The summed E-state index contributed by atoms with van der Waals surface area (Å²) in [6.45, 7) is 4.49. The smallest absolute Gasteiger partial charge is 0.255 e. The summed E-state index contributed by atoms with van der Waals surface area (Å²) in [5.41, 5.74) is 3.88. The van der Waals surface area contributed by atoms with Crippen LogP contribution < -0.4 is 25.4 Å². The lowest BCUT2D eigenvalue weighted by atomic mass is 10.0. The monoisotopic (exact) mass is 481 g/mol. The number of halogens is 1. The van der Waals surface area contributed by atoms with Crippen molar-refractivity contribution in [3.8, 4) is 22.8 Å². The molecule has 176 valence electrons. The van der Waals surface area contributed by atoms with Crippen LogP contribution >= 0.6 is 11.6 Å². The number of aromatic nitrogens is 2. The van der Waals surface area contributed by atoms with Crippen LogP contribution in [-0.4, -0.2) is 48.6 Å². The van der Waals surface area contributed by atoms with E-state index >= 15 is 0 Å². The van der Waals surface area contributed by atoms with E-state index in [0.29, 0.717) is 64.2 Å². The number of anilines is 2. The summed E-state index contributed by atoms with van der Waals surface area (Å²) in [5.74, 6) is 0.497. The maximum Gasteiger partial charge on any atom is 0.255 e. The lowest BCUT2D eigenvalue weighted by molar-refractivity contribution is -0.116. The molecule has 1 aliphatic rings. The van der Waals surface area contributed by atoms with Crippen molar-refractivity contribution < 1.29 is 19.1 Å². The van der Waals surface area contributed by atoms with E-state index in [1.807, 2.05) is 6.07 Å². The number of H-pyrrole nitrogens is 1. The van der Waals surface area contributed by atoms with Gasteiger partial charge in [0, 0.05) is 30.4 Å². The summed E-state index contributed by atoms with van der Waals surface area (Å²) in [6, 6.07) is 7.14. The first-order chi connectivity index (χ1) is 16.5. The fourth-order valence-electron chi connectivity index (χ4n) is 3.76. The average molecular weight is 482 g/mol. The highest BCUT2D eigenvalue weighted by molar-refractivity contribution is 6.32. The number of fused-ring (bicyclic) bond motifs is 1. The summed E-state index contributed by atoms with van der Waals surface area (Å²) in [7, 11) is 1.53. The second-order valence-corrected chi connectivity index (χ2v) is 7.80. The zero-order valence-electron chi connectivity index (χ0n) is 18.5. The van der Waals surface area contributed by atoms with Crippen LogP contribution in [0, 0.1) is 0 Å². The zero-order chi connectivity index (χ0) is 24.1. The molecule has 0 unspecified atom stereocenters. The van der Waals surface area contributed by atoms with Crippen LogP contribution in [0.4, 0.5) is 11.4 Å². The minimum Gasteiger partial charge on any atom is -0.493 e. The molecule has 9 nitrogen and oxygen atoms in total. The molecule has 0 aliphatic carbocycles. The van der Waals surface area contributed by atoms with E-state index in [2.05, 4.69) is 32.5 Å². The second-order valence-electron chi connectivity index (χ2n) is 7.40. The van der Waals surface area contributed by atoms with Crippen molar-refractivity contribution in [2.75, 3.05) is 32.1 Å². The van der Waals surface area contributed by atoms with Crippen LogP contribution in [0.3, 0.4) is 0 Å². The van der Waals surface area contributed by atoms with Gasteiger partial charge in [-0.2, -0.15) is 0 Å². The maximum atomic E-state index is 12.8. The molecule has 0 spiro atoms. The predicted molar refractivity (Wildman–Crippen MR) is 130 cm³/mol. The van der Waals surface area contributed by atoms with E-state index in [1.54, 1.807) is 30.6 Å². The molecule has 4 N–H and O–H groups in total. The van der Waals surface area contributed by atoms with E-state index in [9.17, 15) is 9.59 Å². The summed E-state index contributed by atoms with van der Waals surface area (Å²) in [4.78, 5) is 31.8. The molecular formula is C24H24ClN5O4. The Morgan fingerprint density at radius 1 is 1.35 bits per heavy atom. The molecule has 0 radical (unpaired) electrons. The largest absolute Gasteiger partial charge is 0.493 e. The lowest BCUT2D eigenvalue weighted by Gasteiger charge is -2.17. The van der Waals surface area contributed by atoms with Gasteiger partial charge in [-0.15, -0.1) is 0 Å². The van der Waals surface area contributed by atoms with Crippen molar-refractivity contribution in [3.63, 3.8) is 0 Å². The average Bonchev–Trinajstić information content (AvgIpc) is 3.21. The van der Waals surface area contributed by atoms with Crippen molar-refractivity contribution >= 4 is 34.8 Å². The van der Waals surface area contributed by atoms with Crippen molar-refractivity contribution in [2.45, 2.75) is 6.42 Å². The number of aromatic amines is 1. The summed E-state index contributed by atoms with van der Waals surface area (Å²) in [6.07, 6.45) is 5.09. The minimum atomic E-state index is -0.278. The number of hydrogen-bond donors (Lipinski definition) is 4. The Kier molecular flexibility index (Phi) is 7.03. The van der Waals surface area contributed by atoms with Crippen LogP contribution in [0.25, 0.3) is 11.3 Å². The first kappa shape index (κ1) is 23.2. The third-order valence-electron chi connectivity index (χ3n) is 5.29. The molecule has 0 bridgehead atoms. The number of amides is 2. The van der Waals surface area contributed by atoms with Gasteiger partial charge >= 0.3 is 0 Å². The molecule has 10 heteroatoms. The number of hydrogen-bond acceptors (Lipinski definition) is 6. The van der Waals surface area contributed by atoms with Gasteiger partial charge in [0.25, 0.3) is 5.91 Å².